The molecule has 0 heterocycles. The number of hydrogen-bond donors (Lipinski definition) is 1. The third-order valence-corrected chi connectivity index (χ3v) is 3.60. The molecule has 0 atom stereocenters. The average molecular weight is 278 g/mol. The summed E-state index contributed by atoms with van der Waals surface area (Å²) in [5.74, 6) is 1.37. The minimum absolute atomic E-state index is 0.0280. The Morgan fingerprint density at radius 2 is 2.05 bits per heavy atom. The van der Waals surface area contributed by atoms with E-state index in [0.717, 1.165) is 30.7 Å². The molecule has 0 radical (unpaired) electrons. The lowest BCUT2D eigenvalue weighted by Gasteiger charge is -2.20. The van der Waals surface area contributed by atoms with Gasteiger partial charge in [0.2, 0.25) is 0 Å². The van der Waals surface area contributed by atoms with Crippen LogP contribution in [0.2, 0.25) is 0 Å². The molecule has 0 aromatic heterocycles. The van der Waals surface area contributed by atoms with E-state index in [0.29, 0.717) is 12.5 Å². The Morgan fingerprint density at radius 3 is 2.65 bits per heavy atom. The highest BCUT2D eigenvalue weighted by molar-refractivity contribution is 5.73. The number of carbonyl (C=O) groups excluding carboxylic acids is 1. The SMILES string of the molecule is CCC(CC)CNC(=O)N(C)Cc1cccc(OC)c1. The predicted molar refractivity (Wildman–Crippen MR) is 81.9 cm³/mol. The van der Waals surface area contributed by atoms with Crippen molar-refractivity contribution in [3.8, 4) is 5.75 Å². The Morgan fingerprint density at radius 1 is 1.35 bits per heavy atom. The molecule has 2 amide bonds. The zero-order valence-electron chi connectivity index (χ0n) is 13.0. The van der Waals surface area contributed by atoms with Crippen LogP contribution in [0.1, 0.15) is 32.3 Å². The van der Waals surface area contributed by atoms with Crippen molar-refractivity contribution in [3.05, 3.63) is 29.8 Å². The first-order valence-electron chi connectivity index (χ1n) is 7.22. The highest BCUT2D eigenvalue weighted by Gasteiger charge is 2.11. The van der Waals surface area contributed by atoms with E-state index < -0.39 is 0 Å². The fourth-order valence-corrected chi connectivity index (χ4v) is 2.06. The van der Waals surface area contributed by atoms with Crippen molar-refractivity contribution < 1.29 is 9.53 Å². The second-order valence-corrected chi connectivity index (χ2v) is 5.08. The van der Waals surface area contributed by atoms with Gasteiger partial charge in [0.1, 0.15) is 5.75 Å². The number of ether oxygens (including phenoxy) is 1. The summed E-state index contributed by atoms with van der Waals surface area (Å²) in [7, 11) is 3.45. The van der Waals surface area contributed by atoms with Gasteiger partial charge in [0.15, 0.2) is 0 Å². The number of benzene rings is 1. The molecule has 4 heteroatoms. The molecule has 0 fully saturated rings. The second kappa shape index (κ2) is 8.46. The van der Waals surface area contributed by atoms with Gasteiger partial charge in [0.05, 0.1) is 7.11 Å². The van der Waals surface area contributed by atoms with Gasteiger partial charge in [-0.15, -0.1) is 0 Å². The number of urea groups is 1. The topological polar surface area (TPSA) is 41.6 Å². The molecular weight excluding hydrogens is 252 g/mol. The molecule has 1 aromatic carbocycles. The normalized spacial score (nSPS) is 10.4. The lowest BCUT2D eigenvalue weighted by molar-refractivity contribution is 0.204. The first-order valence-corrected chi connectivity index (χ1v) is 7.22. The summed E-state index contributed by atoms with van der Waals surface area (Å²) >= 11 is 0. The van der Waals surface area contributed by atoms with Gasteiger partial charge in [0, 0.05) is 20.1 Å². The second-order valence-electron chi connectivity index (χ2n) is 5.08. The maximum Gasteiger partial charge on any atom is 0.317 e. The Labute approximate surface area is 122 Å². The monoisotopic (exact) mass is 278 g/mol. The van der Waals surface area contributed by atoms with E-state index in [9.17, 15) is 4.79 Å². The van der Waals surface area contributed by atoms with Gasteiger partial charge in [0.25, 0.3) is 0 Å². The highest BCUT2D eigenvalue weighted by atomic mass is 16.5. The van der Waals surface area contributed by atoms with E-state index >= 15 is 0 Å². The number of hydrogen-bond acceptors (Lipinski definition) is 2. The van der Waals surface area contributed by atoms with Crippen LogP contribution in [-0.2, 0) is 6.54 Å². The summed E-state index contributed by atoms with van der Waals surface area (Å²) < 4.78 is 5.19. The molecule has 0 spiro atoms. The largest absolute Gasteiger partial charge is 0.497 e. The van der Waals surface area contributed by atoms with Gasteiger partial charge in [-0.3, -0.25) is 0 Å². The number of methoxy groups -OCH3 is 1. The van der Waals surface area contributed by atoms with Crippen LogP contribution in [0, 0.1) is 5.92 Å². The first-order chi connectivity index (χ1) is 9.60. The molecule has 0 saturated heterocycles. The van der Waals surface area contributed by atoms with Crippen LogP contribution in [0.4, 0.5) is 4.79 Å². The lowest BCUT2D eigenvalue weighted by atomic mass is 10.0. The van der Waals surface area contributed by atoms with E-state index in [1.807, 2.05) is 31.3 Å². The molecule has 20 heavy (non-hydrogen) atoms. The Balaban J connectivity index is 2.48. The molecular formula is C16H26N2O2. The van der Waals surface area contributed by atoms with Crippen LogP contribution < -0.4 is 10.1 Å². The summed E-state index contributed by atoms with van der Waals surface area (Å²) in [6, 6.07) is 7.75. The maximum atomic E-state index is 12.0. The average Bonchev–Trinajstić information content (AvgIpc) is 2.48. The predicted octanol–water partition coefficient (Wildman–Crippen LogP) is 3.27. The maximum absolute atomic E-state index is 12.0. The zero-order chi connectivity index (χ0) is 15.0. The van der Waals surface area contributed by atoms with Crippen LogP contribution in [-0.4, -0.2) is 31.6 Å². The first kappa shape index (κ1) is 16.3. The van der Waals surface area contributed by atoms with Gasteiger partial charge in [-0.1, -0.05) is 38.8 Å². The summed E-state index contributed by atoms with van der Waals surface area (Å²) in [5.41, 5.74) is 1.06. The Kier molecular flexibility index (Phi) is 6.91. The Hall–Kier alpha value is -1.71. The van der Waals surface area contributed by atoms with Crippen molar-refractivity contribution in [1.29, 1.82) is 0 Å². The third kappa shape index (κ3) is 5.11. The minimum Gasteiger partial charge on any atom is -0.497 e. The molecule has 0 bridgehead atoms. The van der Waals surface area contributed by atoms with E-state index in [2.05, 4.69) is 19.2 Å². The van der Waals surface area contributed by atoms with E-state index in [-0.39, 0.29) is 6.03 Å². The summed E-state index contributed by atoms with van der Waals surface area (Å²) in [6.45, 7) is 5.63. The summed E-state index contributed by atoms with van der Waals surface area (Å²) in [5, 5.41) is 2.99. The molecule has 0 aliphatic rings. The molecule has 0 saturated carbocycles. The molecule has 112 valence electrons. The van der Waals surface area contributed by atoms with Crippen molar-refractivity contribution in [2.45, 2.75) is 33.2 Å². The number of carbonyl (C=O) groups is 1. The van der Waals surface area contributed by atoms with Gasteiger partial charge in [-0.05, 0) is 23.6 Å². The van der Waals surface area contributed by atoms with Crippen molar-refractivity contribution in [1.82, 2.24) is 10.2 Å². The number of amides is 2. The standard InChI is InChI=1S/C16H26N2O2/c1-5-13(6-2)11-17-16(19)18(3)12-14-8-7-9-15(10-14)20-4/h7-10,13H,5-6,11-12H2,1-4H3,(H,17,19). The van der Waals surface area contributed by atoms with Gasteiger partial charge in [-0.25, -0.2) is 4.79 Å². The van der Waals surface area contributed by atoms with Crippen LogP contribution in [0.25, 0.3) is 0 Å². The van der Waals surface area contributed by atoms with Crippen molar-refractivity contribution in [3.63, 3.8) is 0 Å². The van der Waals surface area contributed by atoms with E-state index in [4.69, 9.17) is 4.74 Å². The van der Waals surface area contributed by atoms with Crippen LogP contribution >= 0.6 is 0 Å². The van der Waals surface area contributed by atoms with Crippen molar-refractivity contribution in [2.75, 3.05) is 20.7 Å². The molecule has 0 aliphatic carbocycles. The Bertz CT molecular complexity index is 417. The quantitative estimate of drug-likeness (QED) is 0.831. The fraction of sp³-hybridized carbons (Fsp3) is 0.562. The van der Waals surface area contributed by atoms with Gasteiger partial charge in [-0.2, -0.15) is 0 Å². The zero-order valence-corrected chi connectivity index (χ0v) is 13.0. The molecule has 1 aromatic rings. The third-order valence-electron chi connectivity index (χ3n) is 3.60. The van der Waals surface area contributed by atoms with Crippen LogP contribution in [0.5, 0.6) is 5.75 Å². The van der Waals surface area contributed by atoms with E-state index in [1.54, 1.807) is 12.0 Å². The summed E-state index contributed by atoms with van der Waals surface area (Å²) in [4.78, 5) is 13.7. The smallest absolute Gasteiger partial charge is 0.317 e. The van der Waals surface area contributed by atoms with Crippen molar-refractivity contribution in [2.24, 2.45) is 5.92 Å². The molecule has 1 N–H and O–H groups in total. The van der Waals surface area contributed by atoms with Crippen molar-refractivity contribution >= 4 is 6.03 Å². The highest BCUT2D eigenvalue weighted by Crippen LogP contribution is 2.14. The summed E-state index contributed by atoms with van der Waals surface area (Å²) in [6.07, 6.45) is 2.19. The molecule has 1 rings (SSSR count). The fourth-order valence-electron chi connectivity index (χ4n) is 2.06. The van der Waals surface area contributed by atoms with Gasteiger partial charge < -0.3 is 15.0 Å². The number of nitrogens with one attached hydrogen (secondary N) is 1. The number of nitrogens with zero attached hydrogens (tertiary/aromatic N) is 1. The molecule has 4 nitrogen and oxygen atoms in total. The minimum atomic E-state index is -0.0280. The lowest BCUT2D eigenvalue weighted by Crippen LogP contribution is -2.39. The number of rotatable bonds is 7. The van der Waals surface area contributed by atoms with Crippen LogP contribution in [0.15, 0.2) is 24.3 Å². The van der Waals surface area contributed by atoms with Crippen LogP contribution in [0.3, 0.4) is 0 Å². The molecule has 0 unspecified atom stereocenters. The van der Waals surface area contributed by atoms with E-state index in [1.165, 1.54) is 0 Å². The van der Waals surface area contributed by atoms with Gasteiger partial charge >= 0.3 is 6.03 Å². The molecule has 0 aliphatic heterocycles.